The van der Waals surface area contributed by atoms with Gasteiger partial charge in [-0.15, -0.1) is 0 Å². The molecule has 1 unspecified atom stereocenters. The fourth-order valence-electron chi connectivity index (χ4n) is 4.32. The number of hydrogen-bond acceptors (Lipinski definition) is 12. The minimum atomic E-state index is -0.480. The molecular weight excluding hydrogens is 482 g/mol. The summed E-state index contributed by atoms with van der Waals surface area (Å²) in [4.78, 5) is 34.8. The number of β-amino-alcohol motifs (C(OH)–C–C–N with tert-alkyl or cyclic N) is 1. The Morgan fingerprint density at radius 3 is 2.76 bits per heavy atom. The Morgan fingerprint density at radius 2 is 2.03 bits per heavy atom. The van der Waals surface area contributed by atoms with Crippen molar-refractivity contribution in [2.24, 2.45) is 0 Å². The number of hydrogen-bond donors (Lipinski definition) is 2. The molecule has 6 rings (SSSR count). The van der Waals surface area contributed by atoms with E-state index in [0.29, 0.717) is 86.0 Å². The molecule has 0 aliphatic carbocycles. The lowest BCUT2D eigenvalue weighted by molar-refractivity contribution is 0.102. The van der Waals surface area contributed by atoms with Crippen molar-refractivity contribution in [2.75, 3.05) is 61.6 Å². The van der Waals surface area contributed by atoms with Crippen LogP contribution in [-0.2, 0) is 4.74 Å². The normalized spacial score (nSPS) is 17.9. The number of morpholine rings is 1. The van der Waals surface area contributed by atoms with Crippen LogP contribution in [0.2, 0.25) is 0 Å². The molecule has 4 aromatic heterocycles. The predicted octanol–water partition coefficient (Wildman–Crippen LogP) is 1.94. The quantitative estimate of drug-likeness (QED) is 0.392. The molecule has 0 radical (unpaired) electrons. The summed E-state index contributed by atoms with van der Waals surface area (Å²) in [7, 11) is 1.53. The maximum absolute atomic E-state index is 13.1. The highest BCUT2D eigenvalue weighted by molar-refractivity contribution is 6.05. The van der Waals surface area contributed by atoms with E-state index < -0.39 is 12.0 Å². The Bertz CT molecular complexity index is 1410. The van der Waals surface area contributed by atoms with Gasteiger partial charge in [0, 0.05) is 44.5 Å². The fourth-order valence-corrected chi connectivity index (χ4v) is 4.32. The maximum Gasteiger partial charge on any atom is 0.300 e. The fraction of sp³-hybridized carbons (Fsp3) is 0.375. The van der Waals surface area contributed by atoms with Crippen LogP contribution in [0.15, 0.2) is 39.5 Å². The van der Waals surface area contributed by atoms with Crippen LogP contribution in [0.1, 0.15) is 16.9 Å². The summed E-state index contributed by atoms with van der Waals surface area (Å²) < 4.78 is 22.0. The maximum atomic E-state index is 13.1. The van der Waals surface area contributed by atoms with Gasteiger partial charge in [-0.3, -0.25) is 4.79 Å². The zero-order chi connectivity index (χ0) is 25.4. The van der Waals surface area contributed by atoms with Gasteiger partial charge in [-0.1, -0.05) is 0 Å². The summed E-state index contributed by atoms with van der Waals surface area (Å²) in [5, 5.41) is 13.0. The highest BCUT2D eigenvalue weighted by Crippen LogP contribution is 2.33. The summed E-state index contributed by atoms with van der Waals surface area (Å²) >= 11 is 0. The summed E-state index contributed by atoms with van der Waals surface area (Å²) in [6, 6.07) is 5.57. The van der Waals surface area contributed by atoms with E-state index in [9.17, 15) is 9.90 Å². The third-order valence-electron chi connectivity index (χ3n) is 6.27. The smallest absolute Gasteiger partial charge is 0.300 e. The van der Waals surface area contributed by atoms with Crippen LogP contribution in [0.25, 0.3) is 22.7 Å². The molecule has 37 heavy (non-hydrogen) atoms. The summed E-state index contributed by atoms with van der Waals surface area (Å²) in [6.45, 7) is 3.51. The van der Waals surface area contributed by atoms with Crippen LogP contribution in [0, 0.1) is 0 Å². The van der Waals surface area contributed by atoms with Gasteiger partial charge in [-0.25, -0.2) is 15.0 Å². The highest BCUT2D eigenvalue weighted by Gasteiger charge is 2.27. The monoisotopic (exact) mass is 507 g/mol. The number of aliphatic hydroxyl groups is 1. The number of methoxy groups -OCH3 is 1. The largest absolute Gasteiger partial charge is 0.481 e. The van der Waals surface area contributed by atoms with E-state index in [-0.39, 0.29) is 11.6 Å². The number of aliphatic hydroxyl groups excluding tert-OH is 1. The van der Waals surface area contributed by atoms with Gasteiger partial charge in [0.15, 0.2) is 17.1 Å². The molecule has 1 atom stereocenters. The zero-order valence-electron chi connectivity index (χ0n) is 20.1. The van der Waals surface area contributed by atoms with Crippen molar-refractivity contribution in [3.63, 3.8) is 0 Å². The minimum absolute atomic E-state index is 0.0879. The average molecular weight is 508 g/mol. The number of fused-ring (bicyclic) bond motifs is 1. The van der Waals surface area contributed by atoms with E-state index in [1.54, 1.807) is 24.4 Å². The Labute approximate surface area is 211 Å². The third-order valence-corrected chi connectivity index (χ3v) is 6.27. The molecule has 2 N–H and O–H groups in total. The predicted molar refractivity (Wildman–Crippen MR) is 132 cm³/mol. The molecule has 13 heteroatoms. The Hall–Kier alpha value is -4.23. The molecule has 4 aromatic rings. The lowest BCUT2D eigenvalue weighted by Crippen LogP contribution is -2.36. The second-order valence-corrected chi connectivity index (χ2v) is 8.75. The number of nitrogens with zero attached hydrogens (tertiary/aromatic N) is 6. The van der Waals surface area contributed by atoms with Gasteiger partial charge >= 0.3 is 0 Å². The van der Waals surface area contributed by atoms with Crippen LogP contribution in [0.3, 0.4) is 0 Å². The van der Waals surface area contributed by atoms with Crippen LogP contribution >= 0.6 is 0 Å². The average Bonchev–Trinajstić information content (AvgIpc) is 3.68. The van der Waals surface area contributed by atoms with Crippen molar-refractivity contribution in [3.8, 4) is 17.3 Å². The highest BCUT2D eigenvalue weighted by atomic mass is 16.5. The number of pyridine rings is 2. The number of rotatable bonds is 6. The second kappa shape index (κ2) is 9.67. The third kappa shape index (κ3) is 4.66. The van der Waals surface area contributed by atoms with E-state index in [0.717, 1.165) is 0 Å². The molecule has 2 aliphatic rings. The summed E-state index contributed by atoms with van der Waals surface area (Å²) in [5.74, 6) is 0.732. The molecule has 0 bridgehead atoms. The first-order chi connectivity index (χ1) is 18.1. The number of oxazole rings is 2. The molecular formula is C24H25N7O6. The number of ether oxygens (including phenoxy) is 2. The molecule has 2 fully saturated rings. The van der Waals surface area contributed by atoms with E-state index in [4.69, 9.17) is 23.3 Å². The number of amides is 1. The van der Waals surface area contributed by atoms with Gasteiger partial charge in [-0.05, 0) is 12.5 Å². The number of aromatic nitrogens is 4. The SMILES string of the molecule is COc1ccc(-c2nc(C(=O)Nc3cc4oc(N5CCOCC5)nc4nc3N3CCC(O)C3)co2)cn1. The molecule has 2 aliphatic heterocycles. The van der Waals surface area contributed by atoms with E-state index in [1.165, 1.54) is 13.4 Å². The Morgan fingerprint density at radius 1 is 1.16 bits per heavy atom. The number of nitrogens with one attached hydrogen (secondary N) is 1. The molecule has 2 saturated heterocycles. The number of anilines is 3. The van der Waals surface area contributed by atoms with Crippen molar-refractivity contribution in [1.29, 1.82) is 0 Å². The van der Waals surface area contributed by atoms with Crippen molar-refractivity contribution in [1.82, 2.24) is 19.9 Å². The van der Waals surface area contributed by atoms with Crippen LogP contribution in [0.4, 0.5) is 17.5 Å². The Balaban J connectivity index is 1.29. The minimum Gasteiger partial charge on any atom is -0.481 e. The van der Waals surface area contributed by atoms with Crippen molar-refractivity contribution < 1.29 is 28.2 Å². The van der Waals surface area contributed by atoms with Gasteiger partial charge in [0.1, 0.15) is 6.26 Å². The zero-order valence-corrected chi connectivity index (χ0v) is 20.1. The number of carbonyl (C=O) groups excluding carboxylic acids is 1. The first-order valence-electron chi connectivity index (χ1n) is 11.9. The van der Waals surface area contributed by atoms with Crippen molar-refractivity contribution >= 4 is 34.7 Å². The topological polar surface area (TPSA) is 152 Å². The molecule has 0 saturated carbocycles. The lowest BCUT2D eigenvalue weighted by Gasteiger charge is -2.24. The Kier molecular flexibility index (Phi) is 6.06. The van der Waals surface area contributed by atoms with E-state index in [2.05, 4.69) is 20.3 Å². The summed E-state index contributed by atoms with van der Waals surface area (Å²) in [5.41, 5.74) is 1.97. The molecule has 13 nitrogen and oxygen atoms in total. The molecule has 0 spiro atoms. The van der Waals surface area contributed by atoms with Crippen molar-refractivity contribution in [3.05, 3.63) is 36.4 Å². The van der Waals surface area contributed by atoms with Gasteiger partial charge in [0.05, 0.1) is 37.7 Å². The second-order valence-electron chi connectivity index (χ2n) is 8.75. The van der Waals surface area contributed by atoms with Gasteiger partial charge < -0.3 is 38.5 Å². The standard InChI is InChI=1S/C24H25N7O6/c1-34-19-3-2-14(11-25-19)23-27-17(13-36-23)22(33)26-16-10-18-20(28-21(16)31-5-4-15(32)12-31)29-24(37-18)30-6-8-35-9-7-30/h2-3,10-11,13,15,32H,4-9,12H2,1H3,(H,26,33). The van der Waals surface area contributed by atoms with E-state index >= 15 is 0 Å². The summed E-state index contributed by atoms with van der Waals surface area (Å²) in [6.07, 6.45) is 2.97. The first kappa shape index (κ1) is 23.2. The van der Waals surface area contributed by atoms with Crippen LogP contribution in [-0.4, -0.2) is 83.6 Å². The lowest BCUT2D eigenvalue weighted by atomic mass is 10.3. The van der Waals surface area contributed by atoms with E-state index in [1.807, 2.05) is 9.80 Å². The van der Waals surface area contributed by atoms with Crippen molar-refractivity contribution in [2.45, 2.75) is 12.5 Å². The van der Waals surface area contributed by atoms with Crippen LogP contribution in [0.5, 0.6) is 5.88 Å². The molecule has 1 amide bonds. The van der Waals surface area contributed by atoms with Gasteiger partial charge in [0.25, 0.3) is 11.9 Å². The molecule has 6 heterocycles. The van der Waals surface area contributed by atoms with Crippen LogP contribution < -0.4 is 19.9 Å². The molecule has 0 aromatic carbocycles. The number of carbonyl (C=O) groups is 1. The van der Waals surface area contributed by atoms with Gasteiger partial charge in [0.2, 0.25) is 17.4 Å². The first-order valence-corrected chi connectivity index (χ1v) is 11.9. The molecule has 192 valence electrons. The van der Waals surface area contributed by atoms with Gasteiger partial charge in [-0.2, -0.15) is 4.98 Å².